The zero-order valence-corrected chi connectivity index (χ0v) is 10.3. The van der Waals surface area contributed by atoms with E-state index in [9.17, 15) is 9.90 Å². The summed E-state index contributed by atoms with van der Waals surface area (Å²) < 4.78 is 0.580. The zero-order chi connectivity index (χ0) is 10.6. The predicted molar refractivity (Wildman–Crippen MR) is 61.5 cm³/mol. The molecule has 0 spiro atoms. The van der Waals surface area contributed by atoms with Gasteiger partial charge in [0, 0.05) is 11.9 Å². The third kappa shape index (κ3) is 3.57. The van der Waals surface area contributed by atoms with Crippen LogP contribution >= 0.6 is 38.9 Å². The largest absolute Gasteiger partial charge is 0.390 e. The SMILES string of the molecule is O=C(NC[C@@H](O)CBr)c1ccc(Cl)s1. The fraction of sp³-hybridized carbons (Fsp3) is 0.375. The molecule has 0 bridgehead atoms. The van der Waals surface area contributed by atoms with Crippen LogP contribution in [0, 0.1) is 0 Å². The highest BCUT2D eigenvalue weighted by molar-refractivity contribution is 9.09. The summed E-state index contributed by atoms with van der Waals surface area (Å²) >= 11 is 10.00. The van der Waals surface area contributed by atoms with Crippen LogP contribution in [0.15, 0.2) is 12.1 Å². The molecule has 0 aromatic carbocycles. The number of carbonyl (C=O) groups is 1. The number of aliphatic hydroxyl groups is 1. The lowest BCUT2D eigenvalue weighted by Crippen LogP contribution is -2.32. The van der Waals surface area contributed by atoms with Gasteiger partial charge in [-0.1, -0.05) is 27.5 Å². The second-order valence-electron chi connectivity index (χ2n) is 2.62. The maximum Gasteiger partial charge on any atom is 0.261 e. The van der Waals surface area contributed by atoms with Crippen molar-refractivity contribution >= 4 is 44.8 Å². The lowest BCUT2D eigenvalue weighted by molar-refractivity contribution is 0.0930. The molecule has 78 valence electrons. The molecule has 0 aliphatic carbocycles. The summed E-state index contributed by atoms with van der Waals surface area (Å²) in [5.74, 6) is -0.207. The molecule has 2 N–H and O–H groups in total. The average molecular weight is 299 g/mol. The number of rotatable bonds is 4. The molecular formula is C8H9BrClNO2S. The molecule has 0 radical (unpaired) electrons. The Morgan fingerprint density at radius 1 is 1.71 bits per heavy atom. The Morgan fingerprint density at radius 2 is 2.43 bits per heavy atom. The van der Waals surface area contributed by atoms with Crippen molar-refractivity contribution in [2.24, 2.45) is 0 Å². The first-order valence-electron chi connectivity index (χ1n) is 3.91. The van der Waals surface area contributed by atoms with Crippen molar-refractivity contribution in [3.63, 3.8) is 0 Å². The number of aliphatic hydroxyl groups excluding tert-OH is 1. The molecular weight excluding hydrogens is 290 g/mol. The number of halogens is 2. The fourth-order valence-electron chi connectivity index (χ4n) is 0.789. The summed E-state index contributed by atoms with van der Waals surface area (Å²) in [7, 11) is 0. The van der Waals surface area contributed by atoms with Crippen LogP contribution in [0.5, 0.6) is 0 Å². The van der Waals surface area contributed by atoms with Crippen LogP contribution in [0.25, 0.3) is 0 Å². The Balaban J connectivity index is 2.43. The predicted octanol–water partition coefficient (Wildman–Crippen LogP) is 1.89. The van der Waals surface area contributed by atoms with E-state index >= 15 is 0 Å². The van der Waals surface area contributed by atoms with E-state index in [2.05, 4.69) is 21.2 Å². The van der Waals surface area contributed by atoms with E-state index in [0.717, 1.165) is 0 Å². The van der Waals surface area contributed by atoms with E-state index in [4.69, 9.17) is 11.6 Å². The number of hydrogen-bond acceptors (Lipinski definition) is 3. The van der Waals surface area contributed by atoms with Crippen LogP contribution in [-0.4, -0.2) is 29.0 Å². The van der Waals surface area contributed by atoms with Gasteiger partial charge in [0.2, 0.25) is 0 Å². The van der Waals surface area contributed by atoms with Gasteiger partial charge in [0.15, 0.2) is 0 Å². The molecule has 0 unspecified atom stereocenters. The quantitative estimate of drug-likeness (QED) is 0.834. The number of carbonyl (C=O) groups excluding carboxylic acids is 1. The molecule has 1 amide bonds. The van der Waals surface area contributed by atoms with Gasteiger partial charge >= 0.3 is 0 Å². The van der Waals surface area contributed by atoms with Crippen molar-refractivity contribution in [2.75, 3.05) is 11.9 Å². The number of alkyl halides is 1. The molecule has 1 aromatic rings. The Labute approximate surface area is 99.2 Å². The van der Waals surface area contributed by atoms with Gasteiger partial charge in [-0.05, 0) is 12.1 Å². The molecule has 0 saturated heterocycles. The Kier molecular flexibility index (Phi) is 4.88. The van der Waals surface area contributed by atoms with Crippen LogP contribution in [-0.2, 0) is 0 Å². The standard InChI is InChI=1S/C8H9BrClNO2S/c9-3-5(12)4-11-8(13)6-1-2-7(10)14-6/h1-2,5,12H,3-4H2,(H,11,13)/t5-/m0/s1. The Hall–Kier alpha value is -0.100. The van der Waals surface area contributed by atoms with Crippen molar-refractivity contribution in [3.8, 4) is 0 Å². The average Bonchev–Trinajstić information content (AvgIpc) is 2.60. The fourth-order valence-corrected chi connectivity index (χ4v) is 1.98. The molecule has 6 heteroatoms. The number of hydrogen-bond donors (Lipinski definition) is 2. The monoisotopic (exact) mass is 297 g/mol. The van der Waals surface area contributed by atoms with E-state index in [0.29, 0.717) is 14.5 Å². The summed E-state index contributed by atoms with van der Waals surface area (Å²) in [5.41, 5.74) is 0. The molecule has 1 aromatic heterocycles. The van der Waals surface area contributed by atoms with Gasteiger partial charge in [-0.25, -0.2) is 0 Å². The zero-order valence-electron chi connectivity index (χ0n) is 7.17. The minimum absolute atomic E-state index is 0.207. The third-order valence-electron chi connectivity index (χ3n) is 1.47. The van der Waals surface area contributed by atoms with E-state index in [1.165, 1.54) is 11.3 Å². The molecule has 0 saturated carbocycles. The Morgan fingerprint density at radius 3 is 2.93 bits per heavy atom. The topological polar surface area (TPSA) is 49.3 Å². The first kappa shape index (κ1) is 12.0. The van der Waals surface area contributed by atoms with Gasteiger partial charge in [-0.2, -0.15) is 0 Å². The highest BCUT2D eigenvalue weighted by Crippen LogP contribution is 2.20. The van der Waals surface area contributed by atoms with E-state index in [1.54, 1.807) is 12.1 Å². The normalized spacial score (nSPS) is 12.5. The summed E-state index contributed by atoms with van der Waals surface area (Å²) in [6, 6.07) is 3.32. The van der Waals surface area contributed by atoms with Gasteiger partial charge < -0.3 is 10.4 Å². The van der Waals surface area contributed by atoms with Crippen molar-refractivity contribution < 1.29 is 9.90 Å². The van der Waals surface area contributed by atoms with Crippen LogP contribution in [0.4, 0.5) is 0 Å². The van der Waals surface area contributed by atoms with Crippen LogP contribution in [0.2, 0.25) is 4.34 Å². The van der Waals surface area contributed by atoms with Gasteiger partial charge in [0.25, 0.3) is 5.91 Å². The second-order valence-corrected chi connectivity index (χ2v) is 4.98. The maximum absolute atomic E-state index is 11.4. The van der Waals surface area contributed by atoms with Crippen molar-refractivity contribution in [1.29, 1.82) is 0 Å². The molecule has 0 aliphatic heterocycles. The molecule has 0 aliphatic rings. The Bertz CT molecular complexity index is 318. The van der Waals surface area contributed by atoms with Crippen LogP contribution < -0.4 is 5.32 Å². The van der Waals surface area contributed by atoms with Crippen LogP contribution in [0.3, 0.4) is 0 Å². The number of amides is 1. The minimum Gasteiger partial charge on any atom is -0.390 e. The van der Waals surface area contributed by atoms with Crippen LogP contribution in [0.1, 0.15) is 9.67 Å². The van der Waals surface area contributed by atoms with Gasteiger partial charge in [0.1, 0.15) is 0 Å². The van der Waals surface area contributed by atoms with Crippen molar-refractivity contribution in [1.82, 2.24) is 5.32 Å². The summed E-state index contributed by atoms with van der Waals surface area (Å²) in [4.78, 5) is 11.9. The van der Waals surface area contributed by atoms with E-state index < -0.39 is 6.10 Å². The number of nitrogens with one attached hydrogen (secondary N) is 1. The van der Waals surface area contributed by atoms with Crippen molar-refractivity contribution in [2.45, 2.75) is 6.10 Å². The van der Waals surface area contributed by atoms with E-state index in [-0.39, 0.29) is 12.5 Å². The van der Waals surface area contributed by atoms with Gasteiger partial charge in [-0.3, -0.25) is 4.79 Å². The summed E-state index contributed by atoms with van der Waals surface area (Å²) in [5, 5.41) is 12.2. The first-order chi connectivity index (χ1) is 6.63. The second kappa shape index (κ2) is 5.70. The molecule has 1 heterocycles. The molecule has 14 heavy (non-hydrogen) atoms. The summed E-state index contributed by atoms with van der Waals surface area (Å²) in [6.07, 6.45) is -0.561. The highest BCUT2D eigenvalue weighted by atomic mass is 79.9. The van der Waals surface area contributed by atoms with Gasteiger partial charge in [-0.15, -0.1) is 11.3 Å². The third-order valence-corrected chi connectivity index (χ3v) is 3.45. The summed E-state index contributed by atoms with van der Waals surface area (Å²) in [6.45, 7) is 0.236. The van der Waals surface area contributed by atoms with Crippen molar-refractivity contribution in [3.05, 3.63) is 21.3 Å². The number of thiophene rings is 1. The molecule has 1 rings (SSSR count). The molecule has 1 atom stereocenters. The lowest BCUT2D eigenvalue weighted by atomic mass is 10.4. The highest BCUT2D eigenvalue weighted by Gasteiger charge is 2.09. The smallest absolute Gasteiger partial charge is 0.261 e. The maximum atomic E-state index is 11.4. The molecule has 0 fully saturated rings. The van der Waals surface area contributed by atoms with E-state index in [1.807, 2.05) is 0 Å². The van der Waals surface area contributed by atoms with Gasteiger partial charge in [0.05, 0.1) is 15.3 Å². The lowest BCUT2D eigenvalue weighted by Gasteiger charge is -2.07. The first-order valence-corrected chi connectivity index (χ1v) is 6.22. The molecule has 3 nitrogen and oxygen atoms in total. The minimum atomic E-state index is -0.561.